The van der Waals surface area contributed by atoms with Gasteiger partial charge in [0.1, 0.15) is 0 Å². The predicted molar refractivity (Wildman–Crippen MR) is 75.5 cm³/mol. The highest BCUT2D eigenvalue weighted by Gasteiger charge is 2.24. The van der Waals surface area contributed by atoms with Crippen molar-refractivity contribution in [1.82, 2.24) is 4.90 Å². The van der Waals surface area contributed by atoms with Gasteiger partial charge in [0, 0.05) is 29.6 Å². The maximum absolute atomic E-state index is 12.4. The summed E-state index contributed by atoms with van der Waals surface area (Å²) < 4.78 is 0. The van der Waals surface area contributed by atoms with Crippen LogP contribution in [0, 0.1) is 12.8 Å². The summed E-state index contributed by atoms with van der Waals surface area (Å²) in [4.78, 5) is 14.3. The zero-order valence-electron chi connectivity index (χ0n) is 10.5. The Morgan fingerprint density at radius 1 is 1.50 bits per heavy atom. The Morgan fingerprint density at radius 3 is 2.94 bits per heavy atom. The standard InChI is InChI=1S/C14H17Cl2NO/c1-10-7-12(4-5-13(10)16)14(18)17-6-2-3-11(8-15)9-17/h4-5,7,11H,2-3,6,8-9H2,1H3. The number of halogens is 2. The second kappa shape index (κ2) is 5.94. The van der Waals surface area contributed by atoms with Crippen LogP contribution in [0.2, 0.25) is 5.02 Å². The van der Waals surface area contributed by atoms with Gasteiger partial charge in [-0.05, 0) is 49.4 Å². The van der Waals surface area contributed by atoms with E-state index in [1.807, 2.05) is 17.9 Å². The number of benzene rings is 1. The summed E-state index contributed by atoms with van der Waals surface area (Å²) in [6, 6.07) is 5.43. The molecule has 0 N–H and O–H groups in total. The van der Waals surface area contributed by atoms with Crippen molar-refractivity contribution in [2.45, 2.75) is 19.8 Å². The molecule has 1 aromatic carbocycles. The number of carbonyl (C=O) groups is 1. The predicted octanol–water partition coefficient (Wildman–Crippen LogP) is 3.74. The molecule has 2 rings (SSSR count). The van der Waals surface area contributed by atoms with Gasteiger partial charge < -0.3 is 4.90 Å². The first-order chi connectivity index (χ1) is 8.61. The van der Waals surface area contributed by atoms with Crippen LogP contribution in [0.15, 0.2) is 18.2 Å². The first kappa shape index (κ1) is 13.7. The first-order valence-electron chi connectivity index (χ1n) is 6.23. The van der Waals surface area contributed by atoms with E-state index in [9.17, 15) is 4.79 Å². The molecule has 1 amide bonds. The van der Waals surface area contributed by atoms with Crippen LogP contribution in [0.1, 0.15) is 28.8 Å². The van der Waals surface area contributed by atoms with E-state index in [1.165, 1.54) is 0 Å². The largest absolute Gasteiger partial charge is 0.338 e. The van der Waals surface area contributed by atoms with Crippen LogP contribution in [0.25, 0.3) is 0 Å². The Labute approximate surface area is 118 Å². The van der Waals surface area contributed by atoms with Crippen LogP contribution < -0.4 is 0 Å². The zero-order valence-corrected chi connectivity index (χ0v) is 12.0. The molecular weight excluding hydrogens is 269 g/mol. The van der Waals surface area contributed by atoms with Crippen molar-refractivity contribution in [1.29, 1.82) is 0 Å². The third-order valence-corrected chi connectivity index (χ3v) is 4.29. The second-order valence-corrected chi connectivity index (χ2v) is 5.59. The summed E-state index contributed by atoms with van der Waals surface area (Å²) >= 11 is 11.9. The second-order valence-electron chi connectivity index (χ2n) is 4.88. The van der Waals surface area contributed by atoms with Gasteiger partial charge in [0.15, 0.2) is 0 Å². The number of alkyl halides is 1. The lowest BCUT2D eigenvalue weighted by Crippen LogP contribution is -2.40. The van der Waals surface area contributed by atoms with Crippen molar-refractivity contribution in [3.63, 3.8) is 0 Å². The number of hydrogen-bond acceptors (Lipinski definition) is 1. The molecule has 0 aliphatic carbocycles. The molecule has 1 unspecified atom stereocenters. The van der Waals surface area contributed by atoms with Gasteiger partial charge in [-0.1, -0.05) is 11.6 Å². The third kappa shape index (κ3) is 2.99. The normalized spacial score (nSPS) is 19.9. The lowest BCUT2D eigenvalue weighted by molar-refractivity contribution is 0.0685. The van der Waals surface area contributed by atoms with Gasteiger partial charge in [-0.25, -0.2) is 0 Å². The van der Waals surface area contributed by atoms with Crippen LogP contribution in [0.4, 0.5) is 0 Å². The van der Waals surface area contributed by atoms with Crippen molar-refractivity contribution in [3.8, 4) is 0 Å². The molecule has 1 heterocycles. The van der Waals surface area contributed by atoms with Crippen molar-refractivity contribution in [2.75, 3.05) is 19.0 Å². The SMILES string of the molecule is Cc1cc(C(=O)N2CCCC(CCl)C2)ccc1Cl. The van der Waals surface area contributed by atoms with E-state index >= 15 is 0 Å². The molecule has 1 atom stereocenters. The van der Waals surface area contributed by atoms with E-state index in [0.717, 1.165) is 31.5 Å². The molecule has 0 radical (unpaired) electrons. The molecule has 1 aromatic rings. The number of rotatable bonds is 2. The number of amides is 1. The molecule has 1 aliphatic rings. The minimum atomic E-state index is 0.0876. The molecule has 0 saturated carbocycles. The molecule has 4 heteroatoms. The first-order valence-corrected chi connectivity index (χ1v) is 7.14. The molecule has 1 aliphatic heterocycles. The summed E-state index contributed by atoms with van der Waals surface area (Å²) in [6.07, 6.45) is 2.16. The highest BCUT2D eigenvalue weighted by Crippen LogP contribution is 2.21. The van der Waals surface area contributed by atoms with Crippen molar-refractivity contribution >= 4 is 29.1 Å². The van der Waals surface area contributed by atoms with Crippen LogP contribution in [-0.4, -0.2) is 29.8 Å². The Bertz CT molecular complexity index is 447. The van der Waals surface area contributed by atoms with E-state index < -0.39 is 0 Å². The molecule has 1 fully saturated rings. The number of hydrogen-bond donors (Lipinski definition) is 0. The summed E-state index contributed by atoms with van der Waals surface area (Å²) in [7, 11) is 0. The summed E-state index contributed by atoms with van der Waals surface area (Å²) in [6.45, 7) is 3.51. The molecule has 2 nitrogen and oxygen atoms in total. The van der Waals surface area contributed by atoms with E-state index in [2.05, 4.69) is 0 Å². The van der Waals surface area contributed by atoms with Gasteiger partial charge in [0.05, 0.1) is 0 Å². The number of aryl methyl sites for hydroxylation is 1. The van der Waals surface area contributed by atoms with E-state index in [1.54, 1.807) is 12.1 Å². The number of nitrogens with zero attached hydrogens (tertiary/aromatic N) is 1. The third-order valence-electron chi connectivity index (χ3n) is 3.43. The highest BCUT2D eigenvalue weighted by molar-refractivity contribution is 6.31. The van der Waals surface area contributed by atoms with Gasteiger partial charge in [-0.3, -0.25) is 4.79 Å². The summed E-state index contributed by atoms with van der Waals surface area (Å²) in [5.41, 5.74) is 1.65. The van der Waals surface area contributed by atoms with Gasteiger partial charge in [-0.2, -0.15) is 0 Å². The van der Waals surface area contributed by atoms with E-state index in [4.69, 9.17) is 23.2 Å². The Kier molecular flexibility index (Phi) is 4.52. The molecule has 0 bridgehead atoms. The van der Waals surface area contributed by atoms with Crippen molar-refractivity contribution in [2.24, 2.45) is 5.92 Å². The summed E-state index contributed by atoms with van der Waals surface area (Å²) in [5.74, 6) is 1.14. The Morgan fingerprint density at radius 2 is 2.28 bits per heavy atom. The highest BCUT2D eigenvalue weighted by atomic mass is 35.5. The fourth-order valence-corrected chi connectivity index (χ4v) is 2.71. The molecular formula is C14H17Cl2NO. The summed E-state index contributed by atoms with van der Waals surface area (Å²) in [5, 5.41) is 0.698. The average molecular weight is 286 g/mol. The molecule has 18 heavy (non-hydrogen) atoms. The maximum Gasteiger partial charge on any atom is 0.253 e. The Balaban J connectivity index is 2.12. The van der Waals surface area contributed by atoms with Crippen LogP contribution in [-0.2, 0) is 0 Å². The van der Waals surface area contributed by atoms with Crippen LogP contribution >= 0.6 is 23.2 Å². The lowest BCUT2D eigenvalue weighted by Gasteiger charge is -2.32. The minimum absolute atomic E-state index is 0.0876. The molecule has 0 spiro atoms. The van der Waals surface area contributed by atoms with Crippen molar-refractivity contribution < 1.29 is 4.79 Å². The average Bonchev–Trinajstić information content (AvgIpc) is 2.41. The quantitative estimate of drug-likeness (QED) is 0.758. The van der Waals surface area contributed by atoms with Gasteiger partial charge >= 0.3 is 0 Å². The van der Waals surface area contributed by atoms with Gasteiger partial charge in [0.25, 0.3) is 5.91 Å². The smallest absolute Gasteiger partial charge is 0.253 e. The van der Waals surface area contributed by atoms with Crippen molar-refractivity contribution in [3.05, 3.63) is 34.3 Å². The number of likely N-dealkylation sites (tertiary alicyclic amines) is 1. The fraction of sp³-hybridized carbons (Fsp3) is 0.500. The topological polar surface area (TPSA) is 20.3 Å². The minimum Gasteiger partial charge on any atom is -0.338 e. The number of piperidine rings is 1. The van der Waals surface area contributed by atoms with Gasteiger partial charge in [0.2, 0.25) is 0 Å². The lowest BCUT2D eigenvalue weighted by atomic mass is 9.99. The molecule has 1 saturated heterocycles. The van der Waals surface area contributed by atoms with E-state index in [-0.39, 0.29) is 5.91 Å². The van der Waals surface area contributed by atoms with Gasteiger partial charge in [-0.15, -0.1) is 11.6 Å². The van der Waals surface area contributed by atoms with E-state index in [0.29, 0.717) is 22.4 Å². The molecule has 98 valence electrons. The molecule has 0 aromatic heterocycles. The van der Waals surface area contributed by atoms with Crippen LogP contribution in [0.3, 0.4) is 0 Å². The monoisotopic (exact) mass is 285 g/mol. The fourth-order valence-electron chi connectivity index (χ4n) is 2.34. The van der Waals surface area contributed by atoms with Crippen LogP contribution in [0.5, 0.6) is 0 Å². The zero-order chi connectivity index (χ0) is 13.1. The Hall–Kier alpha value is -0.730. The number of carbonyl (C=O) groups excluding carboxylic acids is 1. The maximum atomic E-state index is 12.4.